The fraction of sp³-hybridized carbons (Fsp3) is 1.00. The second-order valence-corrected chi connectivity index (χ2v) is 3.85. The molecule has 0 aromatic carbocycles. The van der Waals surface area contributed by atoms with Crippen LogP contribution < -0.4 is 0 Å². The minimum Gasteiger partial charge on any atom is -0.329 e. The van der Waals surface area contributed by atoms with Crippen molar-refractivity contribution < 1.29 is 28.7 Å². The molecule has 0 spiro atoms. The van der Waals surface area contributed by atoms with Crippen molar-refractivity contribution >= 4 is 0 Å². The van der Waals surface area contributed by atoms with Crippen LogP contribution in [-0.2, 0) is 28.7 Å². The van der Waals surface area contributed by atoms with Crippen molar-refractivity contribution in [3.63, 3.8) is 0 Å². The Morgan fingerprint density at radius 2 is 0.889 bits per heavy atom. The number of ether oxygens (including phenoxy) is 4. The smallest absolute Gasteiger partial charge is 0.311 e. The molecule has 0 aromatic heterocycles. The van der Waals surface area contributed by atoms with Gasteiger partial charge >= 0.3 is 11.9 Å². The molecule has 0 fully saturated rings. The summed E-state index contributed by atoms with van der Waals surface area (Å²) < 4.78 is 20.8. The van der Waals surface area contributed by atoms with Crippen molar-refractivity contribution in [2.75, 3.05) is 28.4 Å². The molecular weight excluding hydrogens is 240 g/mol. The Hall–Kier alpha value is -0.240. The Morgan fingerprint density at radius 1 is 0.611 bits per heavy atom. The summed E-state index contributed by atoms with van der Waals surface area (Å²) in [4.78, 5) is 10.5. The van der Waals surface area contributed by atoms with Gasteiger partial charge in [0.15, 0.2) is 0 Å². The van der Waals surface area contributed by atoms with E-state index in [1.54, 1.807) is 0 Å². The zero-order chi connectivity index (χ0) is 14.1. The molecule has 6 nitrogen and oxygen atoms in total. The number of rotatable bonds is 11. The summed E-state index contributed by atoms with van der Waals surface area (Å²) in [5.74, 6) is -2.49. The largest absolute Gasteiger partial charge is 0.329 e. The van der Waals surface area contributed by atoms with Gasteiger partial charge in [-0.1, -0.05) is 13.8 Å². The van der Waals surface area contributed by atoms with Gasteiger partial charge in [0.1, 0.15) is 0 Å². The lowest BCUT2D eigenvalue weighted by Gasteiger charge is -2.34. The maximum absolute atomic E-state index is 5.27. The second-order valence-electron chi connectivity index (χ2n) is 3.85. The lowest BCUT2D eigenvalue weighted by atomic mass is 10.3. The summed E-state index contributed by atoms with van der Waals surface area (Å²) in [5, 5.41) is 0. The van der Waals surface area contributed by atoms with E-state index in [4.69, 9.17) is 28.7 Å². The molecule has 0 radical (unpaired) electrons. The lowest BCUT2D eigenvalue weighted by Crippen LogP contribution is -2.44. The van der Waals surface area contributed by atoms with Crippen LogP contribution in [0.5, 0.6) is 0 Å². The summed E-state index contributed by atoms with van der Waals surface area (Å²) in [5.41, 5.74) is 0. The zero-order valence-corrected chi connectivity index (χ0v) is 12.3. The third kappa shape index (κ3) is 4.79. The highest BCUT2D eigenvalue weighted by molar-refractivity contribution is 4.55. The molecule has 0 heterocycles. The molecule has 0 saturated carbocycles. The highest BCUT2D eigenvalue weighted by Gasteiger charge is 2.39. The van der Waals surface area contributed by atoms with E-state index in [0.717, 1.165) is 12.8 Å². The van der Waals surface area contributed by atoms with Gasteiger partial charge < -0.3 is 18.9 Å². The van der Waals surface area contributed by atoms with Crippen LogP contribution in [0, 0.1) is 0 Å². The molecular formula is C12H26O6. The molecule has 0 amide bonds. The summed E-state index contributed by atoms with van der Waals surface area (Å²) in [6.07, 6.45) is 2.67. The minimum absolute atomic E-state index is 0.523. The summed E-state index contributed by atoms with van der Waals surface area (Å²) in [7, 11) is 5.96. The normalized spacial score (nSPS) is 13.0. The predicted molar refractivity (Wildman–Crippen MR) is 65.5 cm³/mol. The molecule has 0 aliphatic rings. The summed E-state index contributed by atoms with van der Waals surface area (Å²) in [6, 6.07) is 0. The Labute approximate surface area is 109 Å². The molecule has 0 unspecified atom stereocenters. The first-order valence-corrected chi connectivity index (χ1v) is 6.15. The summed E-state index contributed by atoms with van der Waals surface area (Å²) in [6.45, 7) is 3.98. The first-order chi connectivity index (χ1) is 8.57. The molecule has 0 aliphatic carbocycles. The zero-order valence-electron chi connectivity index (χ0n) is 12.3. The van der Waals surface area contributed by atoms with Gasteiger partial charge in [-0.25, -0.2) is 0 Å². The third-order valence-corrected chi connectivity index (χ3v) is 2.65. The van der Waals surface area contributed by atoms with Gasteiger partial charge in [-0.2, -0.15) is 9.78 Å². The lowest BCUT2D eigenvalue weighted by molar-refractivity contribution is -0.584. The van der Waals surface area contributed by atoms with E-state index in [2.05, 4.69) is 0 Å². The van der Waals surface area contributed by atoms with Gasteiger partial charge in [0.05, 0.1) is 0 Å². The van der Waals surface area contributed by atoms with Gasteiger partial charge in [0, 0.05) is 41.3 Å². The van der Waals surface area contributed by atoms with E-state index < -0.39 is 11.9 Å². The van der Waals surface area contributed by atoms with Crippen LogP contribution in [-0.4, -0.2) is 40.4 Å². The highest BCUT2D eigenvalue weighted by Crippen LogP contribution is 2.27. The van der Waals surface area contributed by atoms with Crippen molar-refractivity contribution in [3.05, 3.63) is 0 Å². The van der Waals surface area contributed by atoms with Crippen LogP contribution in [0.3, 0.4) is 0 Å². The molecule has 18 heavy (non-hydrogen) atoms. The topological polar surface area (TPSA) is 55.4 Å². The van der Waals surface area contributed by atoms with Gasteiger partial charge in [0.2, 0.25) is 0 Å². The fourth-order valence-corrected chi connectivity index (χ4v) is 1.53. The molecule has 0 rings (SSSR count). The Morgan fingerprint density at radius 3 is 1.06 bits per heavy atom. The Balaban J connectivity index is 4.64. The molecule has 0 saturated heterocycles. The van der Waals surface area contributed by atoms with Crippen molar-refractivity contribution in [1.29, 1.82) is 0 Å². The predicted octanol–water partition coefficient (Wildman–Crippen LogP) is 2.43. The first-order valence-electron chi connectivity index (χ1n) is 6.15. The van der Waals surface area contributed by atoms with E-state index in [-0.39, 0.29) is 0 Å². The fourth-order valence-electron chi connectivity index (χ4n) is 1.53. The molecule has 0 aliphatic heterocycles. The SMILES string of the molecule is CCCC(OC)(OC)OOC(CCC)(OC)OC. The molecule has 0 aromatic rings. The van der Waals surface area contributed by atoms with Crippen LogP contribution in [0.1, 0.15) is 39.5 Å². The highest BCUT2D eigenvalue weighted by atomic mass is 17.3. The van der Waals surface area contributed by atoms with Crippen LogP contribution >= 0.6 is 0 Å². The number of hydrogen-bond acceptors (Lipinski definition) is 6. The standard InChI is InChI=1S/C12H26O6/c1-7-9-11(13-3,14-4)17-18-12(15-5,16-6)10-8-2/h7-10H2,1-6H3. The van der Waals surface area contributed by atoms with E-state index >= 15 is 0 Å². The van der Waals surface area contributed by atoms with Crippen molar-refractivity contribution in [3.8, 4) is 0 Å². The second kappa shape index (κ2) is 8.79. The van der Waals surface area contributed by atoms with Crippen molar-refractivity contribution in [1.82, 2.24) is 0 Å². The van der Waals surface area contributed by atoms with E-state index in [1.807, 2.05) is 13.8 Å². The van der Waals surface area contributed by atoms with Gasteiger partial charge in [-0.15, -0.1) is 0 Å². The maximum Gasteiger partial charge on any atom is 0.311 e. The minimum atomic E-state index is -1.25. The molecule has 0 bridgehead atoms. The summed E-state index contributed by atoms with van der Waals surface area (Å²) >= 11 is 0. The number of hydrogen-bond donors (Lipinski definition) is 0. The van der Waals surface area contributed by atoms with Gasteiger partial charge in [-0.05, 0) is 12.8 Å². The van der Waals surface area contributed by atoms with Gasteiger partial charge in [-0.3, -0.25) is 0 Å². The van der Waals surface area contributed by atoms with Gasteiger partial charge in [0.25, 0.3) is 0 Å². The molecule has 0 atom stereocenters. The number of methoxy groups -OCH3 is 4. The monoisotopic (exact) mass is 266 g/mol. The average Bonchev–Trinajstić information content (AvgIpc) is 2.42. The van der Waals surface area contributed by atoms with E-state index in [9.17, 15) is 0 Å². The van der Waals surface area contributed by atoms with Crippen molar-refractivity contribution in [2.24, 2.45) is 0 Å². The van der Waals surface area contributed by atoms with Crippen LogP contribution in [0.2, 0.25) is 0 Å². The third-order valence-electron chi connectivity index (χ3n) is 2.65. The van der Waals surface area contributed by atoms with Crippen LogP contribution in [0.4, 0.5) is 0 Å². The Kier molecular flexibility index (Phi) is 8.67. The van der Waals surface area contributed by atoms with E-state index in [0.29, 0.717) is 12.8 Å². The first kappa shape index (κ1) is 17.8. The molecule has 6 heteroatoms. The van der Waals surface area contributed by atoms with Crippen LogP contribution in [0.25, 0.3) is 0 Å². The molecule has 110 valence electrons. The quantitative estimate of drug-likeness (QED) is 0.325. The molecule has 0 N–H and O–H groups in total. The van der Waals surface area contributed by atoms with Crippen molar-refractivity contribution in [2.45, 2.75) is 51.5 Å². The van der Waals surface area contributed by atoms with E-state index in [1.165, 1.54) is 28.4 Å². The van der Waals surface area contributed by atoms with Crippen LogP contribution in [0.15, 0.2) is 0 Å². The average molecular weight is 266 g/mol. The maximum atomic E-state index is 5.27. The Bertz CT molecular complexity index is 179.